The third-order valence-corrected chi connectivity index (χ3v) is 3.96. The zero-order chi connectivity index (χ0) is 21.4. The number of benzene rings is 1. The van der Waals surface area contributed by atoms with Crippen molar-refractivity contribution in [3.05, 3.63) is 70.1 Å². The number of halogens is 7. The molecular weight excluding hydrogens is 426 g/mol. The molecule has 0 fully saturated rings. The van der Waals surface area contributed by atoms with Crippen LogP contribution in [0.1, 0.15) is 27.2 Å². The zero-order valence-electron chi connectivity index (χ0n) is 14.0. The summed E-state index contributed by atoms with van der Waals surface area (Å²) in [6, 6.07) is 4.70. The molecule has 0 unspecified atom stereocenters. The van der Waals surface area contributed by atoms with Crippen LogP contribution < -0.4 is 5.43 Å². The fourth-order valence-corrected chi connectivity index (χ4v) is 2.56. The van der Waals surface area contributed by atoms with Gasteiger partial charge in [0.1, 0.15) is 5.69 Å². The minimum atomic E-state index is -4.63. The van der Waals surface area contributed by atoms with E-state index in [1.807, 2.05) is 0 Å². The summed E-state index contributed by atoms with van der Waals surface area (Å²) in [6.07, 6.45) is -6.23. The van der Waals surface area contributed by atoms with Crippen molar-refractivity contribution in [1.82, 2.24) is 14.8 Å². The van der Waals surface area contributed by atoms with Crippen LogP contribution in [0.5, 0.6) is 0 Å². The van der Waals surface area contributed by atoms with E-state index in [4.69, 9.17) is 11.6 Å². The van der Waals surface area contributed by atoms with Gasteiger partial charge < -0.3 is 4.40 Å². The number of nitrogens with zero attached hydrogens (tertiary/aromatic N) is 3. The first-order chi connectivity index (χ1) is 13.4. The first-order valence-corrected chi connectivity index (χ1v) is 8.09. The summed E-state index contributed by atoms with van der Waals surface area (Å²) in [6.45, 7) is 0. The van der Waals surface area contributed by atoms with Crippen molar-refractivity contribution >= 4 is 29.4 Å². The summed E-state index contributed by atoms with van der Waals surface area (Å²) >= 11 is 5.79. The average Bonchev–Trinajstić information content (AvgIpc) is 3.05. The number of carbonyl (C=O) groups excluding carboxylic acids is 1. The second-order valence-corrected chi connectivity index (χ2v) is 6.16. The number of alkyl halides is 6. The highest BCUT2D eigenvalue weighted by Crippen LogP contribution is 2.32. The van der Waals surface area contributed by atoms with Crippen molar-refractivity contribution in [2.75, 3.05) is 0 Å². The molecule has 0 aliphatic carbocycles. The number of hydrogen-bond acceptors (Lipinski definition) is 3. The van der Waals surface area contributed by atoms with Crippen molar-refractivity contribution in [2.24, 2.45) is 5.10 Å². The minimum absolute atomic E-state index is 0.0588. The first-order valence-electron chi connectivity index (χ1n) is 7.71. The van der Waals surface area contributed by atoms with Crippen LogP contribution in [0, 0.1) is 0 Å². The molecule has 0 saturated carbocycles. The minimum Gasteiger partial charge on any atom is -0.304 e. The third-order valence-electron chi connectivity index (χ3n) is 3.68. The molecular formula is C17H9ClF6N4O. The Bertz CT molecular complexity index is 1090. The van der Waals surface area contributed by atoms with Crippen LogP contribution in [0.3, 0.4) is 0 Å². The van der Waals surface area contributed by atoms with E-state index in [1.165, 1.54) is 0 Å². The SMILES string of the molecule is O=C(N/N=C\c1ccc(C(F)(F)F)cc1)c1cn2cc(C(F)(F)F)cc(Cl)c2n1. The summed E-state index contributed by atoms with van der Waals surface area (Å²) in [5, 5.41) is 3.29. The number of fused-ring (bicyclic) bond motifs is 1. The summed E-state index contributed by atoms with van der Waals surface area (Å²) in [4.78, 5) is 15.9. The van der Waals surface area contributed by atoms with E-state index in [0.29, 0.717) is 6.07 Å². The maximum Gasteiger partial charge on any atom is 0.417 e. The van der Waals surface area contributed by atoms with Crippen molar-refractivity contribution in [2.45, 2.75) is 12.4 Å². The third kappa shape index (κ3) is 4.67. The maximum atomic E-state index is 12.8. The molecule has 2 heterocycles. The van der Waals surface area contributed by atoms with E-state index < -0.39 is 29.4 Å². The van der Waals surface area contributed by atoms with Gasteiger partial charge in [0, 0.05) is 12.4 Å². The molecule has 2 aromatic heterocycles. The van der Waals surface area contributed by atoms with Crippen LogP contribution in [0.15, 0.2) is 47.8 Å². The molecule has 0 aliphatic heterocycles. The Morgan fingerprint density at radius 1 is 1.03 bits per heavy atom. The van der Waals surface area contributed by atoms with Crippen molar-refractivity contribution in [3.63, 3.8) is 0 Å². The van der Waals surface area contributed by atoms with Crippen LogP contribution in [-0.2, 0) is 12.4 Å². The monoisotopic (exact) mass is 434 g/mol. The lowest BCUT2D eigenvalue weighted by Crippen LogP contribution is -2.18. The molecule has 1 N–H and O–H groups in total. The molecule has 0 radical (unpaired) electrons. The van der Waals surface area contributed by atoms with Gasteiger partial charge in [-0.15, -0.1) is 0 Å². The molecule has 12 heteroatoms. The van der Waals surface area contributed by atoms with Gasteiger partial charge in [-0.25, -0.2) is 10.4 Å². The molecule has 152 valence electrons. The van der Waals surface area contributed by atoms with Gasteiger partial charge in [0.25, 0.3) is 5.91 Å². The molecule has 0 spiro atoms. The lowest BCUT2D eigenvalue weighted by atomic mass is 10.1. The highest BCUT2D eigenvalue weighted by Gasteiger charge is 2.32. The Kier molecular flexibility index (Phi) is 5.26. The highest BCUT2D eigenvalue weighted by atomic mass is 35.5. The Morgan fingerprint density at radius 2 is 1.66 bits per heavy atom. The fourth-order valence-electron chi connectivity index (χ4n) is 2.30. The molecule has 3 rings (SSSR count). The molecule has 0 saturated heterocycles. The standard InChI is InChI=1S/C17H9ClF6N4O/c18-12-5-11(17(22,23)24)7-28-8-13(26-14(12)28)15(29)27-25-6-9-1-3-10(4-2-9)16(19,20)21/h1-8H,(H,27,29)/b25-6-. The number of pyridine rings is 1. The maximum absolute atomic E-state index is 12.8. The van der Waals surface area contributed by atoms with E-state index in [0.717, 1.165) is 47.3 Å². The second kappa shape index (κ2) is 7.39. The number of amides is 1. The molecule has 1 amide bonds. The van der Waals surface area contributed by atoms with Gasteiger partial charge in [-0.05, 0) is 23.8 Å². The van der Waals surface area contributed by atoms with Gasteiger partial charge in [0.2, 0.25) is 0 Å². The summed E-state index contributed by atoms with van der Waals surface area (Å²) < 4.78 is 76.9. The largest absolute Gasteiger partial charge is 0.417 e. The summed E-state index contributed by atoms with van der Waals surface area (Å²) in [7, 11) is 0. The summed E-state index contributed by atoms with van der Waals surface area (Å²) in [5.74, 6) is -0.846. The van der Waals surface area contributed by atoms with Gasteiger partial charge >= 0.3 is 12.4 Å². The Balaban J connectivity index is 1.74. The Morgan fingerprint density at radius 3 is 2.24 bits per heavy atom. The molecule has 0 bridgehead atoms. The number of aromatic nitrogens is 2. The predicted molar refractivity (Wildman–Crippen MR) is 91.7 cm³/mol. The van der Waals surface area contributed by atoms with Gasteiger partial charge in [-0.1, -0.05) is 23.7 Å². The lowest BCUT2D eigenvalue weighted by Gasteiger charge is -2.07. The predicted octanol–water partition coefficient (Wildman–Crippen LogP) is 4.79. The van der Waals surface area contributed by atoms with Crippen LogP contribution in [0.25, 0.3) is 5.65 Å². The van der Waals surface area contributed by atoms with E-state index in [-0.39, 0.29) is 21.9 Å². The van der Waals surface area contributed by atoms with Crippen molar-refractivity contribution < 1.29 is 31.1 Å². The van der Waals surface area contributed by atoms with E-state index >= 15 is 0 Å². The number of hydrogen-bond donors (Lipinski definition) is 1. The number of carbonyl (C=O) groups is 1. The average molecular weight is 435 g/mol. The van der Waals surface area contributed by atoms with Gasteiger partial charge in [-0.2, -0.15) is 31.4 Å². The number of hydrazone groups is 1. The second-order valence-electron chi connectivity index (χ2n) is 5.75. The molecule has 3 aromatic rings. The Labute approximate surface area is 163 Å². The molecule has 29 heavy (non-hydrogen) atoms. The highest BCUT2D eigenvalue weighted by molar-refractivity contribution is 6.33. The normalized spacial score (nSPS) is 12.7. The van der Waals surface area contributed by atoms with Gasteiger partial charge in [0.05, 0.1) is 22.4 Å². The molecule has 0 aliphatic rings. The van der Waals surface area contributed by atoms with Crippen LogP contribution in [0.2, 0.25) is 5.02 Å². The van der Waals surface area contributed by atoms with Crippen LogP contribution in [0.4, 0.5) is 26.3 Å². The van der Waals surface area contributed by atoms with Crippen molar-refractivity contribution in [1.29, 1.82) is 0 Å². The van der Waals surface area contributed by atoms with Crippen LogP contribution in [-0.4, -0.2) is 21.5 Å². The summed E-state index contributed by atoms with van der Waals surface area (Å²) in [5.41, 5.74) is 0.207. The van der Waals surface area contributed by atoms with Gasteiger partial charge in [-0.3, -0.25) is 4.79 Å². The molecule has 0 atom stereocenters. The lowest BCUT2D eigenvalue weighted by molar-refractivity contribution is -0.138. The van der Waals surface area contributed by atoms with Crippen LogP contribution >= 0.6 is 11.6 Å². The topological polar surface area (TPSA) is 58.8 Å². The van der Waals surface area contributed by atoms with E-state index in [9.17, 15) is 31.1 Å². The molecule has 1 aromatic carbocycles. The quantitative estimate of drug-likeness (QED) is 0.366. The smallest absolute Gasteiger partial charge is 0.304 e. The van der Waals surface area contributed by atoms with Crippen molar-refractivity contribution in [3.8, 4) is 0 Å². The first kappa shape index (κ1) is 20.6. The number of imidazole rings is 1. The Hall–Kier alpha value is -3.08. The fraction of sp³-hybridized carbons (Fsp3) is 0.118. The number of nitrogens with one attached hydrogen (secondary N) is 1. The van der Waals surface area contributed by atoms with E-state index in [1.54, 1.807) is 0 Å². The van der Waals surface area contributed by atoms with Gasteiger partial charge in [0.15, 0.2) is 5.65 Å². The number of rotatable bonds is 3. The zero-order valence-corrected chi connectivity index (χ0v) is 14.8. The molecule has 5 nitrogen and oxygen atoms in total. The van der Waals surface area contributed by atoms with E-state index in [2.05, 4.69) is 15.5 Å².